The number of nitriles is 2. The van der Waals surface area contributed by atoms with Crippen molar-refractivity contribution in [3.63, 3.8) is 0 Å². The van der Waals surface area contributed by atoms with Crippen molar-refractivity contribution in [2.45, 2.75) is 148 Å². The van der Waals surface area contributed by atoms with E-state index in [4.69, 9.17) is 47.4 Å². The summed E-state index contributed by atoms with van der Waals surface area (Å²) in [6, 6.07) is 3.77. The van der Waals surface area contributed by atoms with Crippen molar-refractivity contribution >= 4 is 55.8 Å². The summed E-state index contributed by atoms with van der Waals surface area (Å²) in [6.45, 7) is 58.8. The van der Waals surface area contributed by atoms with Crippen LogP contribution in [0.3, 0.4) is 0 Å². The van der Waals surface area contributed by atoms with Crippen LogP contribution in [0.15, 0.2) is 29.6 Å². The fourth-order valence-corrected chi connectivity index (χ4v) is 6.71. The van der Waals surface area contributed by atoms with Gasteiger partial charge >= 0.3 is 0 Å². The second-order valence-corrected chi connectivity index (χ2v) is 20.8. The van der Waals surface area contributed by atoms with Gasteiger partial charge in [-0.05, 0) is 105 Å². The van der Waals surface area contributed by atoms with E-state index in [2.05, 4.69) is 130 Å². The van der Waals surface area contributed by atoms with E-state index in [1.165, 1.54) is 0 Å². The summed E-state index contributed by atoms with van der Waals surface area (Å²) in [7, 11) is 3.95. The van der Waals surface area contributed by atoms with Gasteiger partial charge < -0.3 is 26.3 Å². The SMILES string of the molecule is CC(C)=C(C#N)C#N.CC(C)C(C)Br.CC(C)C(C)CN.Cc1nn2c(C)cn(C)c2c1CN.[C-]#[N+]c1c(C)nn(C(C)C(C)C)c1N.[C-]#[N+]c1c(C)nn2c(C)cn(C)c12.[C-]#[N+]c1c(C)nn2c1CC=C2C. The number of nitrogens with two attached hydrogens (primary N) is 3. The number of imidazole rings is 2. The van der Waals surface area contributed by atoms with Crippen molar-refractivity contribution in [1.29, 1.82) is 10.5 Å². The smallest absolute Gasteiger partial charge is 0.251 e. The second kappa shape index (κ2) is 29.5. The van der Waals surface area contributed by atoms with Crippen molar-refractivity contribution in [3.8, 4) is 12.1 Å². The molecule has 0 amide bonds. The summed E-state index contributed by atoms with van der Waals surface area (Å²) in [6.07, 6.45) is 6.97. The first-order valence-corrected chi connectivity index (χ1v) is 25.2. The van der Waals surface area contributed by atoms with Crippen LogP contribution >= 0.6 is 15.9 Å². The summed E-state index contributed by atoms with van der Waals surface area (Å²) >= 11 is 3.44. The highest BCUT2D eigenvalue weighted by Gasteiger charge is 2.20. The van der Waals surface area contributed by atoms with Gasteiger partial charge in [0.05, 0.1) is 65.6 Å². The van der Waals surface area contributed by atoms with Crippen LogP contribution in [-0.4, -0.2) is 59.3 Å². The Bertz CT molecular complexity index is 3020. The Morgan fingerprint density at radius 2 is 1.14 bits per heavy atom. The van der Waals surface area contributed by atoms with Crippen LogP contribution < -0.4 is 17.2 Å². The number of alkyl halides is 1. The zero-order valence-corrected chi connectivity index (χ0v) is 48.7. The lowest BCUT2D eigenvalue weighted by atomic mass is 9.99. The molecule has 6 N–H and O–H groups in total. The molecule has 3 atom stereocenters. The Balaban J connectivity index is 0.000000434. The number of halogens is 1. The molecule has 0 saturated carbocycles. The lowest BCUT2D eigenvalue weighted by Crippen LogP contribution is -2.15. The number of nitrogen functional groups attached to an aromatic ring is 1. The average Bonchev–Trinajstić information content (AvgIpc) is 4.19. The van der Waals surface area contributed by atoms with E-state index in [0.29, 0.717) is 46.1 Å². The molecule has 0 aromatic carbocycles. The maximum absolute atomic E-state index is 8.17. The van der Waals surface area contributed by atoms with E-state index in [-0.39, 0.29) is 11.6 Å². The Morgan fingerprint density at radius 1 is 0.685 bits per heavy atom. The molecule has 73 heavy (non-hydrogen) atoms. The molecule has 0 spiro atoms. The molecule has 0 saturated heterocycles. The molecule has 0 aliphatic carbocycles. The monoisotopic (exact) mass is 1060 g/mol. The van der Waals surface area contributed by atoms with E-state index < -0.39 is 0 Å². The minimum Gasteiger partial charge on any atom is -0.393 e. The van der Waals surface area contributed by atoms with E-state index in [1.807, 2.05) is 87.0 Å². The van der Waals surface area contributed by atoms with Crippen molar-refractivity contribution in [2.75, 3.05) is 12.3 Å². The van der Waals surface area contributed by atoms with Gasteiger partial charge in [0.15, 0.2) is 0 Å². The van der Waals surface area contributed by atoms with Crippen LogP contribution in [0, 0.1) is 108 Å². The average molecular weight is 1060 g/mol. The molecule has 19 heteroatoms. The van der Waals surface area contributed by atoms with Gasteiger partial charge in [-0.1, -0.05) is 77.4 Å². The van der Waals surface area contributed by atoms with E-state index >= 15 is 0 Å². The summed E-state index contributed by atoms with van der Waals surface area (Å²) in [5.41, 5.74) is 30.6. The van der Waals surface area contributed by atoms with Crippen LogP contribution in [0.25, 0.3) is 31.5 Å². The maximum Gasteiger partial charge on any atom is 0.251 e. The maximum atomic E-state index is 8.17. The summed E-state index contributed by atoms with van der Waals surface area (Å²) < 4.78 is 11.4. The molecular formula is C54H81BrN18. The number of aryl methyl sites for hydroxylation is 8. The summed E-state index contributed by atoms with van der Waals surface area (Å²) in [4.78, 5) is 11.0. The first-order valence-electron chi connectivity index (χ1n) is 24.3. The standard InChI is InChI=1S/C10H16N4.C9H10N4.C9H14N4.C9H9N3.C6H6N2.C6H15N.C5H11Br/c1-6(2)8(4)14-10(11)9(12-5)7(3)13-14;1-6-5-12(4)9-8(10-3)7(2)11-13(6)9;1-6-5-12(3)9-8(4-10)7(2)11-13(6)9;1-6-4-5-8-9(10-3)7(2)11-12(6)8;1-5(2)6(3-7)4-8;1-5(2)6(3)4-7;1-4(2)5(3)6/h6,8H,11H2,1-4H3;5H,1-2,4H3;5H,4,10H2,1-3H3;4H,5H2,1-2H3;1-2H3;5-6H,4,7H2,1-3H3;4-5H,1-3H3. The third-order valence-electron chi connectivity index (χ3n) is 12.4. The largest absolute Gasteiger partial charge is 0.393 e. The van der Waals surface area contributed by atoms with E-state index in [0.717, 1.165) is 92.8 Å². The second-order valence-electron chi connectivity index (χ2n) is 19.3. The fourth-order valence-electron chi connectivity index (χ4n) is 6.71. The van der Waals surface area contributed by atoms with Crippen LogP contribution in [0.4, 0.5) is 22.9 Å². The molecule has 7 heterocycles. The number of aromatic nitrogens is 10. The highest BCUT2D eigenvalue weighted by Crippen LogP contribution is 2.32. The van der Waals surface area contributed by atoms with Gasteiger partial charge in [-0.25, -0.2) is 23.6 Å². The quantitative estimate of drug-likeness (QED) is 0.0819. The zero-order chi connectivity index (χ0) is 56.3. The highest BCUT2D eigenvalue weighted by molar-refractivity contribution is 9.09. The minimum atomic E-state index is 0.213. The predicted octanol–water partition coefficient (Wildman–Crippen LogP) is 12.3. The molecule has 7 rings (SSSR count). The molecule has 6 aromatic heterocycles. The molecule has 18 nitrogen and oxygen atoms in total. The highest BCUT2D eigenvalue weighted by atomic mass is 79.9. The van der Waals surface area contributed by atoms with Crippen LogP contribution in [0.2, 0.25) is 0 Å². The lowest BCUT2D eigenvalue weighted by Gasteiger charge is -2.17. The van der Waals surface area contributed by atoms with Crippen molar-refractivity contribution in [1.82, 2.24) is 47.9 Å². The van der Waals surface area contributed by atoms with Crippen molar-refractivity contribution in [3.05, 3.63) is 109 Å². The fraction of sp³-hybridized carbons (Fsp3) is 0.537. The number of rotatable bonds is 6. The van der Waals surface area contributed by atoms with Gasteiger partial charge in [0.25, 0.3) is 5.69 Å². The van der Waals surface area contributed by atoms with Gasteiger partial charge in [-0.3, -0.25) is 9.36 Å². The van der Waals surface area contributed by atoms with E-state index in [9.17, 15) is 0 Å². The summed E-state index contributed by atoms with van der Waals surface area (Å²) in [5.74, 6) is 3.13. The molecule has 394 valence electrons. The number of hydrogen-bond acceptors (Lipinski definition) is 9. The zero-order valence-electron chi connectivity index (χ0n) is 47.1. The Kier molecular flexibility index (Phi) is 25.9. The molecule has 1 aliphatic rings. The molecule has 1 aliphatic heterocycles. The van der Waals surface area contributed by atoms with Crippen molar-refractivity contribution in [2.24, 2.45) is 49.2 Å². The molecular weight excluding hydrogens is 981 g/mol. The number of allylic oxidation sites excluding steroid dienone is 4. The first-order chi connectivity index (χ1) is 34.1. The molecule has 0 fully saturated rings. The predicted molar refractivity (Wildman–Crippen MR) is 301 cm³/mol. The third kappa shape index (κ3) is 16.8. The Hall–Kier alpha value is -6.95. The van der Waals surface area contributed by atoms with Gasteiger partial charge in [-0.2, -0.15) is 30.9 Å². The molecule has 3 unspecified atom stereocenters. The molecule has 0 radical (unpaired) electrons. The molecule has 0 bridgehead atoms. The van der Waals surface area contributed by atoms with Crippen LogP contribution in [0.5, 0.6) is 0 Å². The lowest BCUT2D eigenvalue weighted by molar-refractivity contribution is 0.379. The van der Waals surface area contributed by atoms with Gasteiger partial charge in [0.2, 0.25) is 11.4 Å². The van der Waals surface area contributed by atoms with E-state index in [1.54, 1.807) is 30.7 Å². The summed E-state index contributed by atoms with van der Waals surface area (Å²) in [5, 5.41) is 33.6. The first kappa shape index (κ1) is 64.1. The topological polar surface area (TPSA) is 219 Å². The molecule has 6 aromatic rings. The number of fused-ring (bicyclic) bond motifs is 3. The Labute approximate surface area is 443 Å². The van der Waals surface area contributed by atoms with Gasteiger partial charge in [-0.15, -0.1) is 0 Å². The number of anilines is 1. The van der Waals surface area contributed by atoms with Gasteiger partial charge in [0, 0.05) is 55.5 Å². The van der Waals surface area contributed by atoms with Crippen LogP contribution in [0.1, 0.15) is 135 Å². The van der Waals surface area contributed by atoms with Crippen LogP contribution in [-0.2, 0) is 27.1 Å². The number of nitrogens with zero attached hydrogens (tertiary/aromatic N) is 15. The third-order valence-corrected chi connectivity index (χ3v) is 13.5. The normalized spacial score (nSPS) is 12.1. The number of hydrogen-bond donors (Lipinski definition) is 3. The van der Waals surface area contributed by atoms with Crippen molar-refractivity contribution < 1.29 is 0 Å². The van der Waals surface area contributed by atoms with Gasteiger partial charge in [0.1, 0.15) is 34.8 Å². The minimum absolute atomic E-state index is 0.213. The Morgan fingerprint density at radius 3 is 1.51 bits per heavy atom.